The molecule has 2 aliphatic heterocycles. The van der Waals surface area contributed by atoms with Crippen LogP contribution < -0.4 is 5.32 Å². The summed E-state index contributed by atoms with van der Waals surface area (Å²) in [6, 6.07) is 2.47. The maximum Gasteiger partial charge on any atom is 0.0111 e. The van der Waals surface area contributed by atoms with Crippen molar-refractivity contribution < 1.29 is 0 Å². The summed E-state index contributed by atoms with van der Waals surface area (Å²) in [7, 11) is 0. The average Bonchev–Trinajstić information content (AvgIpc) is 2.87. The van der Waals surface area contributed by atoms with Crippen molar-refractivity contribution in [2.24, 2.45) is 5.92 Å². The quantitative estimate of drug-likeness (QED) is 0.827. The highest BCUT2D eigenvalue weighted by Gasteiger charge is 2.32. The fraction of sp³-hybridized carbons (Fsp3) is 1.00. The van der Waals surface area contributed by atoms with E-state index in [2.05, 4.69) is 17.1 Å². The third kappa shape index (κ3) is 2.91. The summed E-state index contributed by atoms with van der Waals surface area (Å²) in [5, 5.41) is 3.97. The first kappa shape index (κ1) is 12.9. The summed E-state index contributed by atoms with van der Waals surface area (Å²) >= 11 is 0. The molecule has 0 aromatic heterocycles. The lowest BCUT2D eigenvalue weighted by atomic mass is 9.84. The molecule has 0 bridgehead atoms. The van der Waals surface area contributed by atoms with Crippen LogP contribution in [-0.2, 0) is 0 Å². The first-order valence-electron chi connectivity index (χ1n) is 8.33. The van der Waals surface area contributed by atoms with Crippen molar-refractivity contribution in [2.75, 3.05) is 13.1 Å². The number of nitrogens with zero attached hydrogens (tertiary/aromatic N) is 1. The van der Waals surface area contributed by atoms with Gasteiger partial charge in [-0.1, -0.05) is 19.3 Å². The first-order chi connectivity index (χ1) is 8.83. The summed E-state index contributed by atoms with van der Waals surface area (Å²) in [6.07, 6.45) is 13.0. The van der Waals surface area contributed by atoms with Gasteiger partial charge in [-0.3, -0.25) is 0 Å². The van der Waals surface area contributed by atoms with Crippen LogP contribution in [0.1, 0.15) is 64.7 Å². The Labute approximate surface area is 113 Å². The van der Waals surface area contributed by atoms with Gasteiger partial charge in [-0.2, -0.15) is 0 Å². The van der Waals surface area contributed by atoms with E-state index in [1.807, 2.05) is 0 Å². The maximum atomic E-state index is 3.97. The molecule has 104 valence electrons. The summed E-state index contributed by atoms with van der Waals surface area (Å²) in [5.41, 5.74) is 0. The molecule has 2 unspecified atom stereocenters. The summed E-state index contributed by atoms with van der Waals surface area (Å²) in [6.45, 7) is 5.16. The molecule has 2 nitrogen and oxygen atoms in total. The van der Waals surface area contributed by atoms with E-state index in [4.69, 9.17) is 0 Å². The highest BCUT2D eigenvalue weighted by atomic mass is 15.2. The largest absolute Gasteiger partial charge is 0.311 e. The number of piperidine rings is 1. The highest BCUT2D eigenvalue weighted by Crippen LogP contribution is 2.30. The second-order valence-corrected chi connectivity index (χ2v) is 6.91. The molecule has 2 heterocycles. The highest BCUT2D eigenvalue weighted by molar-refractivity contribution is 4.91. The molecule has 0 aromatic carbocycles. The van der Waals surface area contributed by atoms with Crippen LogP contribution in [0.4, 0.5) is 0 Å². The van der Waals surface area contributed by atoms with Crippen molar-refractivity contribution in [3.05, 3.63) is 0 Å². The Kier molecular flexibility index (Phi) is 4.25. The van der Waals surface area contributed by atoms with Crippen LogP contribution in [0.2, 0.25) is 0 Å². The summed E-state index contributed by atoms with van der Waals surface area (Å²) < 4.78 is 0. The molecule has 3 fully saturated rings. The van der Waals surface area contributed by atoms with Crippen LogP contribution in [0.25, 0.3) is 0 Å². The van der Waals surface area contributed by atoms with Crippen molar-refractivity contribution in [1.29, 1.82) is 0 Å². The van der Waals surface area contributed by atoms with Gasteiger partial charge in [0.2, 0.25) is 0 Å². The lowest BCUT2D eigenvalue weighted by Crippen LogP contribution is -2.49. The minimum Gasteiger partial charge on any atom is -0.311 e. The Morgan fingerprint density at radius 3 is 2.61 bits per heavy atom. The first-order valence-corrected chi connectivity index (χ1v) is 8.33. The van der Waals surface area contributed by atoms with E-state index in [-0.39, 0.29) is 0 Å². The van der Waals surface area contributed by atoms with Gasteiger partial charge in [0.05, 0.1) is 0 Å². The van der Waals surface area contributed by atoms with Crippen LogP contribution in [0.5, 0.6) is 0 Å². The van der Waals surface area contributed by atoms with E-state index in [0.29, 0.717) is 0 Å². The van der Waals surface area contributed by atoms with Crippen LogP contribution in [0, 0.1) is 5.92 Å². The Morgan fingerprint density at radius 1 is 0.944 bits per heavy atom. The molecule has 2 heteroatoms. The summed E-state index contributed by atoms with van der Waals surface area (Å²) in [4.78, 5) is 2.73. The van der Waals surface area contributed by atoms with E-state index in [0.717, 1.165) is 24.0 Å². The zero-order valence-electron chi connectivity index (χ0n) is 12.0. The molecule has 0 aromatic rings. The standard InChI is InChI=1S/C16H30N2/c1-13(14-6-3-2-4-7-14)17-15-9-11-18-10-5-8-16(18)12-15/h13-17H,2-12H2,1H3/t13-,15?,16?/m1/s1. The summed E-state index contributed by atoms with van der Waals surface area (Å²) in [5.74, 6) is 0.959. The Balaban J connectivity index is 1.47. The van der Waals surface area contributed by atoms with Crippen LogP contribution in [0.3, 0.4) is 0 Å². The van der Waals surface area contributed by atoms with Crippen LogP contribution in [-0.4, -0.2) is 36.1 Å². The molecular weight excluding hydrogens is 220 g/mol. The van der Waals surface area contributed by atoms with Crippen molar-refractivity contribution in [3.8, 4) is 0 Å². The third-order valence-corrected chi connectivity index (χ3v) is 5.68. The Bertz CT molecular complexity index is 260. The van der Waals surface area contributed by atoms with E-state index in [9.17, 15) is 0 Å². The molecule has 3 aliphatic rings. The predicted molar refractivity (Wildman–Crippen MR) is 76.8 cm³/mol. The fourth-order valence-electron chi connectivity index (χ4n) is 4.52. The monoisotopic (exact) mass is 250 g/mol. The fourth-order valence-corrected chi connectivity index (χ4v) is 4.52. The number of hydrogen-bond donors (Lipinski definition) is 1. The van der Waals surface area contributed by atoms with E-state index in [1.54, 1.807) is 0 Å². The van der Waals surface area contributed by atoms with Crippen molar-refractivity contribution >= 4 is 0 Å². The normalized spacial score (nSPS) is 36.5. The molecule has 0 spiro atoms. The van der Waals surface area contributed by atoms with E-state index in [1.165, 1.54) is 70.9 Å². The lowest BCUT2D eigenvalue weighted by molar-refractivity contribution is 0.150. The van der Waals surface area contributed by atoms with Gasteiger partial charge in [0.1, 0.15) is 0 Å². The van der Waals surface area contributed by atoms with E-state index >= 15 is 0 Å². The minimum atomic E-state index is 0.753. The second-order valence-electron chi connectivity index (χ2n) is 6.91. The molecule has 0 radical (unpaired) electrons. The molecular formula is C16H30N2. The number of hydrogen-bond acceptors (Lipinski definition) is 2. The van der Waals surface area contributed by atoms with Crippen molar-refractivity contribution in [1.82, 2.24) is 10.2 Å². The van der Waals surface area contributed by atoms with Gasteiger partial charge < -0.3 is 10.2 Å². The lowest BCUT2D eigenvalue weighted by Gasteiger charge is -2.38. The zero-order valence-corrected chi connectivity index (χ0v) is 12.0. The molecule has 3 rings (SSSR count). The van der Waals surface area contributed by atoms with Crippen molar-refractivity contribution in [3.63, 3.8) is 0 Å². The average molecular weight is 250 g/mol. The van der Waals surface area contributed by atoms with Gasteiger partial charge in [0.25, 0.3) is 0 Å². The van der Waals surface area contributed by atoms with Gasteiger partial charge in [0.15, 0.2) is 0 Å². The van der Waals surface area contributed by atoms with E-state index < -0.39 is 0 Å². The smallest absolute Gasteiger partial charge is 0.0111 e. The minimum absolute atomic E-state index is 0.753. The zero-order chi connectivity index (χ0) is 12.4. The Hall–Kier alpha value is -0.0800. The van der Waals surface area contributed by atoms with Gasteiger partial charge in [-0.15, -0.1) is 0 Å². The van der Waals surface area contributed by atoms with Gasteiger partial charge in [-0.05, 0) is 64.5 Å². The molecule has 1 N–H and O–H groups in total. The topological polar surface area (TPSA) is 15.3 Å². The van der Waals surface area contributed by atoms with Gasteiger partial charge in [0, 0.05) is 18.1 Å². The SMILES string of the molecule is C[C@@H](NC1CCN2CCCC2C1)C1CCCCC1. The molecule has 3 atom stereocenters. The third-order valence-electron chi connectivity index (χ3n) is 5.68. The molecule has 1 saturated carbocycles. The molecule has 1 aliphatic carbocycles. The molecule has 2 saturated heterocycles. The second kappa shape index (κ2) is 5.92. The van der Waals surface area contributed by atoms with Gasteiger partial charge in [-0.25, -0.2) is 0 Å². The van der Waals surface area contributed by atoms with Gasteiger partial charge >= 0.3 is 0 Å². The number of nitrogens with one attached hydrogen (secondary N) is 1. The van der Waals surface area contributed by atoms with Crippen LogP contribution >= 0.6 is 0 Å². The van der Waals surface area contributed by atoms with Crippen molar-refractivity contribution in [2.45, 2.75) is 82.8 Å². The Morgan fingerprint density at radius 2 is 1.78 bits per heavy atom. The van der Waals surface area contributed by atoms with Crippen LogP contribution in [0.15, 0.2) is 0 Å². The number of fused-ring (bicyclic) bond motifs is 1. The predicted octanol–water partition coefficient (Wildman–Crippen LogP) is 3.17. The molecule has 0 amide bonds. The molecule has 18 heavy (non-hydrogen) atoms. The maximum absolute atomic E-state index is 3.97. The number of rotatable bonds is 3.